The number of para-hydroxylation sites is 2. The van der Waals surface area contributed by atoms with E-state index in [2.05, 4.69) is 22.1 Å². The van der Waals surface area contributed by atoms with E-state index in [9.17, 15) is 0 Å². The molecule has 0 saturated heterocycles. The largest absolute Gasteiger partial charge is 0.399 e. The average molecular weight is 269 g/mol. The Bertz CT molecular complexity index is 640. The van der Waals surface area contributed by atoms with Gasteiger partial charge in [0.15, 0.2) is 5.16 Å². The first-order valence-corrected chi connectivity index (χ1v) is 7.22. The number of nitrogen functional groups attached to an aromatic ring is 1. The van der Waals surface area contributed by atoms with Crippen LogP contribution in [0.25, 0.3) is 11.0 Å². The van der Waals surface area contributed by atoms with Gasteiger partial charge in [-0.1, -0.05) is 36.0 Å². The molecular weight excluding hydrogens is 254 g/mol. The van der Waals surface area contributed by atoms with Crippen molar-refractivity contribution in [2.75, 3.05) is 11.5 Å². The third kappa shape index (κ3) is 2.90. The number of hydrogen-bond acceptors (Lipinski definition) is 3. The maximum Gasteiger partial charge on any atom is 0.166 e. The monoisotopic (exact) mass is 269 g/mol. The van der Waals surface area contributed by atoms with E-state index in [-0.39, 0.29) is 0 Å². The lowest BCUT2D eigenvalue weighted by Gasteiger charge is -2.00. The Hall–Kier alpha value is -1.94. The number of aryl methyl sites for hydroxylation is 1. The quantitative estimate of drug-likeness (QED) is 0.563. The maximum atomic E-state index is 5.67. The highest BCUT2D eigenvalue weighted by atomic mass is 32.2. The van der Waals surface area contributed by atoms with Crippen molar-refractivity contribution in [3.05, 3.63) is 54.1 Å². The maximum absolute atomic E-state index is 5.67. The lowest BCUT2D eigenvalue weighted by atomic mass is 10.2. The Morgan fingerprint density at radius 1 is 1.05 bits per heavy atom. The number of rotatable bonds is 4. The fourth-order valence-corrected chi connectivity index (χ4v) is 2.82. The molecule has 3 rings (SSSR count). The van der Waals surface area contributed by atoms with Crippen LogP contribution in [-0.2, 0) is 6.42 Å². The highest BCUT2D eigenvalue weighted by Gasteiger charge is 2.02. The van der Waals surface area contributed by atoms with Crippen molar-refractivity contribution in [2.24, 2.45) is 0 Å². The predicted molar refractivity (Wildman–Crippen MR) is 81.4 cm³/mol. The molecule has 0 saturated carbocycles. The van der Waals surface area contributed by atoms with Crippen LogP contribution in [0.3, 0.4) is 0 Å². The van der Waals surface area contributed by atoms with Crippen LogP contribution >= 0.6 is 11.8 Å². The molecule has 0 radical (unpaired) electrons. The smallest absolute Gasteiger partial charge is 0.166 e. The number of anilines is 1. The van der Waals surface area contributed by atoms with Gasteiger partial charge in [-0.2, -0.15) is 0 Å². The molecule has 0 bridgehead atoms. The Labute approximate surface area is 116 Å². The van der Waals surface area contributed by atoms with Crippen molar-refractivity contribution in [3.63, 3.8) is 0 Å². The number of H-pyrrole nitrogens is 1. The zero-order valence-corrected chi connectivity index (χ0v) is 11.3. The zero-order valence-electron chi connectivity index (χ0n) is 10.5. The average Bonchev–Trinajstić information content (AvgIpc) is 2.83. The van der Waals surface area contributed by atoms with Crippen molar-refractivity contribution < 1.29 is 0 Å². The molecule has 0 unspecified atom stereocenters. The molecule has 1 heterocycles. The van der Waals surface area contributed by atoms with Crippen LogP contribution in [0.4, 0.5) is 5.69 Å². The second-order valence-electron chi connectivity index (χ2n) is 4.40. The fourth-order valence-electron chi connectivity index (χ4n) is 1.95. The molecule has 0 aliphatic heterocycles. The SMILES string of the molecule is Nc1ccc(CCSc2nc3ccccc3[nH]2)cc1. The lowest BCUT2D eigenvalue weighted by Crippen LogP contribution is -1.90. The summed E-state index contributed by atoms with van der Waals surface area (Å²) >= 11 is 1.75. The number of nitrogens with zero attached hydrogens (tertiary/aromatic N) is 1. The van der Waals surface area contributed by atoms with Gasteiger partial charge in [-0.3, -0.25) is 0 Å². The Kier molecular flexibility index (Phi) is 3.42. The van der Waals surface area contributed by atoms with Gasteiger partial charge in [-0.25, -0.2) is 4.98 Å². The first-order chi connectivity index (χ1) is 9.31. The third-order valence-corrected chi connectivity index (χ3v) is 3.85. The molecule has 0 aliphatic carbocycles. The van der Waals surface area contributed by atoms with Crippen LogP contribution in [0.5, 0.6) is 0 Å². The molecule has 19 heavy (non-hydrogen) atoms. The highest BCUT2D eigenvalue weighted by Crippen LogP contribution is 2.20. The summed E-state index contributed by atoms with van der Waals surface area (Å²) in [6.07, 6.45) is 1.02. The second-order valence-corrected chi connectivity index (χ2v) is 5.48. The first kappa shape index (κ1) is 12.1. The van der Waals surface area contributed by atoms with Crippen molar-refractivity contribution in [2.45, 2.75) is 11.6 Å². The van der Waals surface area contributed by atoms with Gasteiger partial charge in [0.1, 0.15) is 0 Å². The number of imidazole rings is 1. The number of nitrogens with one attached hydrogen (secondary N) is 1. The van der Waals surface area contributed by atoms with Gasteiger partial charge in [0.25, 0.3) is 0 Å². The summed E-state index contributed by atoms with van der Waals surface area (Å²) in [7, 11) is 0. The number of benzene rings is 2. The molecule has 2 aromatic carbocycles. The minimum absolute atomic E-state index is 0.814. The number of aromatic nitrogens is 2. The molecular formula is C15H15N3S. The molecule has 0 aliphatic rings. The Morgan fingerprint density at radius 3 is 2.63 bits per heavy atom. The van der Waals surface area contributed by atoms with Crippen LogP contribution in [-0.4, -0.2) is 15.7 Å². The van der Waals surface area contributed by atoms with E-state index in [4.69, 9.17) is 5.73 Å². The minimum atomic E-state index is 0.814. The first-order valence-electron chi connectivity index (χ1n) is 6.23. The molecule has 3 N–H and O–H groups in total. The van der Waals surface area contributed by atoms with Crippen LogP contribution in [0.2, 0.25) is 0 Å². The molecule has 0 amide bonds. The van der Waals surface area contributed by atoms with E-state index in [1.807, 2.05) is 36.4 Å². The van der Waals surface area contributed by atoms with Crippen molar-refractivity contribution in [3.8, 4) is 0 Å². The van der Waals surface area contributed by atoms with E-state index in [0.717, 1.165) is 34.1 Å². The van der Waals surface area contributed by atoms with Crippen LogP contribution in [0.1, 0.15) is 5.56 Å². The van der Waals surface area contributed by atoms with E-state index in [1.54, 1.807) is 11.8 Å². The van der Waals surface area contributed by atoms with Gasteiger partial charge in [-0.15, -0.1) is 0 Å². The highest BCUT2D eigenvalue weighted by molar-refractivity contribution is 7.99. The zero-order chi connectivity index (χ0) is 13.1. The van der Waals surface area contributed by atoms with Crippen molar-refractivity contribution in [1.29, 1.82) is 0 Å². The van der Waals surface area contributed by atoms with Gasteiger partial charge in [0.05, 0.1) is 11.0 Å². The summed E-state index contributed by atoms with van der Waals surface area (Å²) in [4.78, 5) is 7.87. The minimum Gasteiger partial charge on any atom is -0.399 e. The van der Waals surface area contributed by atoms with Crippen molar-refractivity contribution in [1.82, 2.24) is 9.97 Å². The predicted octanol–water partition coefficient (Wildman–Crippen LogP) is 3.48. The standard InChI is InChI=1S/C15H15N3S/c16-12-7-5-11(6-8-12)9-10-19-15-17-13-3-1-2-4-14(13)18-15/h1-8H,9-10,16H2,(H,17,18). The van der Waals surface area contributed by atoms with Gasteiger partial charge in [0.2, 0.25) is 0 Å². The van der Waals surface area contributed by atoms with Gasteiger partial charge < -0.3 is 10.7 Å². The number of hydrogen-bond donors (Lipinski definition) is 2. The van der Waals surface area contributed by atoms with Crippen LogP contribution < -0.4 is 5.73 Å². The summed E-state index contributed by atoms with van der Waals surface area (Å²) in [6, 6.07) is 16.1. The summed E-state index contributed by atoms with van der Waals surface area (Å²) < 4.78 is 0. The molecule has 0 atom stereocenters. The van der Waals surface area contributed by atoms with Gasteiger partial charge >= 0.3 is 0 Å². The normalized spacial score (nSPS) is 10.9. The van der Waals surface area contributed by atoms with Gasteiger partial charge in [0, 0.05) is 11.4 Å². The molecule has 1 aromatic heterocycles. The number of aromatic amines is 1. The molecule has 96 valence electrons. The summed E-state index contributed by atoms with van der Waals surface area (Å²) in [5.41, 5.74) is 9.91. The number of thioether (sulfide) groups is 1. The number of fused-ring (bicyclic) bond motifs is 1. The molecule has 3 aromatic rings. The topological polar surface area (TPSA) is 54.7 Å². The van der Waals surface area contributed by atoms with E-state index < -0.39 is 0 Å². The van der Waals surface area contributed by atoms with E-state index in [1.165, 1.54) is 5.56 Å². The Morgan fingerprint density at radius 2 is 1.84 bits per heavy atom. The fraction of sp³-hybridized carbons (Fsp3) is 0.133. The second kappa shape index (κ2) is 5.36. The number of nitrogens with two attached hydrogens (primary N) is 1. The molecule has 4 heteroatoms. The van der Waals surface area contributed by atoms with E-state index in [0.29, 0.717) is 0 Å². The van der Waals surface area contributed by atoms with Crippen molar-refractivity contribution >= 4 is 28.5 Å². The summed E-state index contributed by atoms with van der Waals surface area (Å²) in [5.74, 6) is 1.00. The van der Waals surface area contributed by atoms with Crippen LogP contribution in [0.15, 0.2) is 53.7 Å². The summed E-state index contributed by atoms with van der Waals surface area (Å²) in [6.45, 7) is 0. The molecule has 0 spiro atoms. The lowest BCUT2D eigenvalue weighted by molar-refractivity contribution is 1.07. The molecule has 3 nitrogen and oxygen atoms in total. The van der Waals surface area contributed by atoms with Gasteiger partial charge in [-0.05, 0) is 36.2 Å². The molecule has 0 fully saturated rings. The third-order valence-electron chi connectivity index (χ3n) is 2.98. The van der Waals surface area contributed by atoms with Crippen LogP contribution in [0, 0.1) is 0 Å². The van der Waals surface area contributed by atoms with E-state index >= 15 is 0 Å². The Balaban J connectivity index is 1.61. The summed E-state index contributed by atoms with van der Waals surface area (Å²) in [5, 5.41) is 0.983.